The van der Waals surface area contributed by atoms with Crippen molar-refractivity contribution in [1.29, 1.82) is 5.26 Å². The van der Waals surface area contributed by atoms with Gasteiger partial charge in [0.2, 0.25) is 0 Å². The van der Waals surface area contributed by atoms with Gasteiger partial charge in [-0.3, -0.25) is 9.13 Å². The van der Waals surface area contributed by atoms with Gasteiger partial charge in [0.15, 0.2) is 11.7 Å². The van der Waals surface area contributed by atoms with Crippen LogP contribution < -0.4 is 11.1 Å². The Hall–Kier alpha value is -3.78. The zero-order valence-corrected chi connectivity index (χ0v) is 22.7. The maximum absolute atomic E-state index is 13.9. The topological polar surface area (TPSA) is 82.1 Å². The van der Waals surface area contributed by atoms with Crippen LogP contribution in [0, 0.1) is 16.7 Å². The van der Waals surface area contributed by atoms with Crippen LogP contribution in [0.1, 0.15) is 44.7 Å². The highest BCUT2D eigenvalue weighted by molar-refractivity contribution is 5.78. The summed E-state index contributed by atoms with van der Waals surface area (Å²) in [5, 5.41) is 11.3. The maximum Gasteiger partial charge on any atom is 0.411 e. The lowest BCUT2D eigenvalue weighted by molar-refractivity contribution is -0.154. The van der Waals surface area contributed by atoms with Gasteiger partial charge in [0, 0.05) is 39.3 Å². The van der Waals surface area contributed by atoms with E-state index in [9.17, 15) is 23.2 Å². The number of aryl methyl sites for hydroxylation is 1. The largest absolute Gasteiger partial charge is 0.411 e. The Morgan fingerprint density at radius 2 is 1.90 bits per heavy atom. The quantitative estimate of drug-likeness (QED) is 0.526. The minimum absolute atomic E-state index is 0.113. The molecular weight excluding hydrogens is 507 g/mol. The van der Waals surface area contributed by atoms with E-state index in [-0.39, 0.29) is 23.3 Å². The van der Waals surface area contributed by atoms with E-state index < -0.39 is 12.2 Å². The van der Waals surface area contributed by atoms with Crippen LogP contribution in [0.5, 0.6) is 0 Å². The molecule has 5 rings (SSSR count). The van der Waals surface area contributed by atoms with Crippen molar-refractivity contribution in [3.63, 3.8) is 0 Å². The molecule has 2 aliphatic rings. The summed E-state index contributed by atoms with van der Waals surface area (Å²) < 4.78 is 44.8. The number of benzene rings is 1. The highest BCUT2D eigenvalue weighted by Gasteiger charge is 2.50. The number of pyridine rings is 1. The van der Waals surface area contributed by atoms with E-state index in [1.807, 2.05) is 12.1 Å². The average Bonchev–Trinajstić information content (AvgIpc) is 3.33. The molecule has 0 radical (unpaired) electrons. The van der Waals surface area contributed by atoms with Crippen molar-refractivity contribution in [2.75, 3.05) is 13.6 Å². The molecule has 0 saturated heterocycles. The molecule has 0 amide bonds. The van der Waals surface area contributed by atoms with E-state index in [1.165, 1.54) is 9.58 Å². The molecule has 39 heavy (non-hydrogen) atoms. The normalized spacial score (nSPS) is 18.2. The standard InChI is InChI=1S/C28H32F3N7O/c1-27(2,3)16-38-22-11-10-20(33-25(22)35(4)26(38)39)19-13-17(8-9-18(19)14-32)15-37-12-6-7-21-23(37)24(28(29,30)31)34-36(21)5/h8-11,13,24,34H,6-7,12,15-16H2,1-5H3. The SMILES string of the molecule is CN1NC(C(F)(F)F)C2=C1CCCN2Cc1ccc(C#N)c(-c2ccc3c(n2)n(C)c(=O)n3CC(C)(C)C)c1. The summed E-state index contributed by atoms with van der Waals surface area (Å²) in [7, 11) is 3.29. The van der Waals surface area contributed by atoms with Crippen molar-refractivity contribution >= 4 is 11.2 Å². The molecule has 206 valence electrons. The highest BCUT2D eigenvalue weighted by atomic mass is 19.4. The molecule has 0 aliphatic carbocycles. The number of rotatable bonds is 4. The Morgan fingerprint density at radius 3 is 2.56 bits per heavy atom. The van der Waals surface area contributed by atoms with Gasteiger partial charge in [-0.15, -0.1) is 0 Å². The minimum atomic E-state index is -4.42. The first-order chi connectivity index (χ1) is 18.3. The molecule has 0 bridgehead atoms. The van der Waals surface area contributed by atoms with Gasteiger partial charge in [-0.25, -0.2) is 15.2 Å². The molecular formula is C28H32F3N7O. The van der Waals surface area contributed by atoms with E-state index in [0.717, 1.165) is 12.0 Å². The lowest BCUT2D eigenvalue weighted by Gasteiger charge is -2.33. The molecule has 0 fully saturated rings. The first-order valence-corrected chi connectivity index (χ1v) is 12.9. The third-order valence-corrected chi connectivity index (χ3v) is 7.27. The third kappa shape index (κ3) is 4.89. The lowest BCUT2D eigenvalue weighted by atomic mass is 9.97. The number of allylic oxidation sites excluding steroid dienone is 1. The van der Waals surface area contributed by atoms with Gasteiger partial charge in [-0.05, 0) is 48.1 Å². The maximum atomic E-state index is 13.9. The fraction of sp³-hybridized carbons (Fsp3) is 0.464. The number of aromatic nitrogens is 3. The summed E-state index contributed by atoms with van der Waals surface area (Å²) in [6.07, 6.45) is -3.09. The third-order valence-electron chi connectivity index (χ3n) is 7.27. The molecule has 2 aromatic heterocycles. The summed E-state index contributed by atoms with van der Waals surface area (Å²) in [6, 6.07) is 9.36. The van der Waals surface area contributed by atoms with E-state index in [4.69, 9.17) is 4.98 Å². The second-order valence-corrected chi connectivity index (χ2v) is 11.5. The molecule has 1 unspecified atom stereocenters. The molecule has 1 atom stereocenters. The van der Waals surface area contributed by atoms with Gasteiger partial charge in [0.25, 0.3) is 0 Å². The summed E-state index contributed by atoms with van der Waals surface area (Å²) >= 11 is 0. The predicted octanol–water partition coefficient (Wildman–Crippen LogP) is 4.51. The Kier molecular flexibility index (Phi) is 6.50. The van der Waals surface area contributed by atoms with Gasteiger partial charge >= 0.3 is 11.9 Å². The zero-order chi connectivity index (χ0) is 28.3. The van der Waals surface area contributed by atoms with Crippen molar-refractivity contribution in [2.24, 2.45) is 12.5 Å². The number of nitrogens with zero attached hydrogens (tertiary/aromatic N) is 6. The number of hydrazine groups is 1. The molecule has 4 heterocycles. The van der Waals surface area contributed by atoms with Gasteiger partial charge in [0.1, 0.15) is 0 Å². The summed E-state index contributed by atoms with van der Waals surface area (Å²) in [5.74, 6) is 0. The molecule has 2 aliphatic heterocycles. The highest BCUT2D eigenvalue weighted by Crippen LogP contribution is 2.39. The second-order valence-electron chi connectivity index (χ2n) is 11.5. The Balaban J connectivity index is 1.53. The fourth-order valence-electron chi connectivity index (χ4n) is 5.55. The molecule has 3 aromatic rings. The smallest absolute Gasteiger partial charge is 0.367 e. The van der Waals surface area contributed by atoms with Crippen molar-refractivity contribution < 1.29 is 13.2 Å². The van der Waals surface area contributed by atoms with Gasteiger partial charge in [-0.2, -0.15) is 18.4 Å². The van der Waals surface area contributed by atoms with Crippen molar-refractivity contribution in [1.82, 2.24) is 29.5 Å². The predicted molar refractivity (Wildman–Crippen MR) is 142 cm³/mol. The number of halogens is 3. The Labute approximate surface area is 224 Å². The van der Waals surface area contributed by atoms with Crippen LogP contribution >= 0.6 is 0 Å². The Bertz CT molecular complexity index is 1570. The van der Waals surface area contributed by atoms with Crippen LogP contribution in [-0.4, -0.2) is 49.8 Å². The summed E-state index contributed by atoms with van der Waals surface area (Å²) in [6.45, 7) is 7.47. The van der Waals surface area contributed by atoms with E-state index >= 15 is 0 Å². The first-order valence-electron chi connectivity index (χ1n) is 12.9. The molecule has 0 saturated carbocycles. The number of fused-ring (bicyclic) bond motifs is 1. The summed E-state index contributed by atoms with van der Waals surface area (Å²) in [5.41, 5.74) is 6.69. The zero-order valence-electron chi connectivity index (χ0n) is 22.7. The van der Waals surface area contributed by atoms with Crippen LogP contribution in [-0.2, 0) is 20.1 Å². The van der Waals surface area contributed by atoms with Crippen LogP contribution in [0.2, 0.25) is 0 Å². The van der Waals surface area contributed by atoms with E-state index in [2.05, 4.69) is 32.3 Å². The first kappa shape index (κ1) is 26.8. The van der Waals surface area contributed by atoms with Crippen LogP contribution in [0.4, 0.5) is 13.2 Å². The van der Waals surface area contributed by atoms with Crippen molar-refractivity contribution in [3.05, 3.63) is 63.3 Å². The number of alkyl halides is 3. The molecule has 1 aromatic carbocycles. The van der Waals surface area contributed by atoms with Gasteiger partial charge < -0.3 is 9.91 Å². The minimum Gasteiger partial charge on any atom is -0.367 e. The van der Waals surface area contributed by atoms with Crippen molar-refractivity contribution in [2.45, 2.75) is 58.9 Å². The van der Waals surface area contributed by atoms with Gasteiger partial charge in [-0.1, -0.05) is 26.8 Å². The van der Waals surface area contributed by atoms with E-state index in [1.54, 1.807) is 41.8 Å². The molecule has 8 nitrogen and oxygen atoms in total. The van der Waals surface area contributed by atoms with E-state index in [0.29, 0.717) is 53.2 Å². The lowest BCUT2D eigenvalue weighted by Crippen LogP contribution is -2.47. The van der Waals surface area contributed by atoms with Gasteiger partial charge in [0.05, 0.1) is 34.2 Å². The van der Waals surface area contributed by atoms with Crippen LogP contribution in [0.15, 0.2) is 46.5 Å². The number of nitrogens with one attached hydrogen (secondary N) is 1. The molecule has 11 heteroatoms. The van der Waals surface area contributed by atoms with Crippen molar-refractivity contribution in [3.8, 4) is 17.3 Å². The number of imidazole rings is 1. The second kappa shape index (κ2) is 9.45. The monoisotopic (exact) mass is 539 g/mol. The summed E-state index contributed by atoms with van der Waals surface area (Å²) in [4.78, 5) is 19.5. The fourth-order valence-corrected chi connectivity index (χ4v) is 5.55. The van der Waals surface area contributed by atoms with Crippen LogP contribution in [0.25, 0.3) is 22.4 Å². The Morgan fingerprint density at radius 1 is 1.15 bits per heavy atom. The average molecular weight is 540 g/mol. The molecule has 1 N–H and O–H groups in total. The molecule has 0 spiro atoms. The van der Waals surface area contributed by atoms with Crippen LogP contribution in [0.3, 0.4) is 0 Å². The number of nitriles is 1. The number of hydrogen-bond acceptors (Lipinski definition) is 6. The number of hydrogen-bond donors (Lipinski definition) is 1.